The summed E-state index contributed by atoms with van der Waals surface area (Å²) in [6, 6.07) is 0. The van der Waals surface area contributed by atoms with Crippen LogP contribution in [-0.2, 0) is 32.7 Å². The van der Waals surface area contributed by atoms with E-state index in [0.29, 0.717) is 12.8 Å². The van der Waals surface area contributed by atoms with Gasteiger partial charge in [0.15, 0.2) is 6.10 Å². The second-order valence-corrected chi connectivity index (χ2v) is 14.6. The molecule has 0 rings (SSSR count). The average molecular weight is 728 g/mol. The van der Waals surface area contributed by atoms with Crippen molar-refractivity contribution in [1.29, 1.82) is 0 Å². The Balaban J connectivity index is 4.26. The lowest BCUT2D eigenvalue weighted by Crippen LogP contribution is -2.29. The lowest BCUT2D eigenvalue weighted by atomic mass is 10.1. The highest BCUT2D eigenvalue weighted by atomic mass is 31.2. The van der Waals surface area contributed by atoms with Gasteiger partial charge in [-0.3, -0.25) is 18.6 Å². The smallest absolute Gasteiger partial charge is 0.462 e. The summed E-state index contributed by atoms with van der Waals surface area (Å²) in [6.45, 7) is 3.62. The number of phosphoric ester groups is 1. The molecule has 0 aromatic heterocycles. The predicted octanol–water partition coefficient (Wildman–Crippen LogP) is 11.0. The maximum atomic E-state index is 12.5. The molecule has 0 spiro atoms. The number of allylic oxidation sites excluding steroid dienone is 6. The fraction of sp³-hybridized carbons (Fsp3) is 0.800. The van der Waals surface area contributed by atoms with E-state index in [2.05, 4.69) is 44.2 Å². The summed E-state index contributed by atoms with van der Waals surface area (Å²) in [5, 5.41) is 0. The fourth-order valence-electron chi connectivity index (χ4n) is 5.26. The SMILES string of the molecule is CCCC/C=C/C/C=C/CCCCCCCC(=O)O[C@H](COC(=O)CC/C=C/CCCCCCCCCCCCC)COP(=O)(O)OCCN. The molecular weight excluding hydrogens is 653 g/mol. The zero-order chi connectivity index (χ0) is 36.8. The molecule has 0 bridgehead atoms. The predicted molar refractivity (Wildman–Crippen MR) is 206 cm³/mol. The van der Waals surface area contributed by atoms with Gasteiger partial charge < -0.3 is 20.1 Å². The van der Waals surface area contributed by atoms with E-state index in [4.69, 9.17) is 24.3 Å². The van der Waals surface area contributed by atoms with Crippen LogP contribution in [0.15, 0.2) is 36.5 Å². The quantitative estimate of drug-likeness (QED) is 0.0277. The van der Waals surface area contributed by atoms with Crippen LogP contribution in [0.25, 0.3) is 0 Å². The molecule has 0 saturated carbocycles. The summed E-state index contributed by atoms with van der Waals surface area (Å²) in [6.07, 6.45) is 39.0. The molecule has 0 aliphatic carbocycles. The first-order valence-corrected chi connectivity index (χ1v) is 21.5. The standard InChI is InChI=1S/C40H74NO8P/c1-3-5-7-9-11-13-15-17-19-21-22-24-26-28-30-32-39(42)46-36-38(37-48-50(44,45)47-35-34-41)49-40(43)33-31-29-27-25-23-20-18-16-14-12-10-8-6-4-2/h10,12,16,18,26,28,38H,3-9,11,13-15,17,19-25,27,29-37,41H2,1-2H3,(H,44,45)/b12-10+,18-16+,28-26+/t38-/m1/s1. The zero-order valence-electron chi connectivity index (χ0n) is 31.9. The first kappa shape index (κ1) is 48.2. The lowest BCUT2D eigenvalue weighted by Gasteiger charge is -2.19. The third-order valence-corrected chi connectivity index (χ3v) is 9.25. The molecule has 0 heterocycles. The van der Waals surface area contributed by atoms with Crippen molar-refractivity contribution in [3.63, 3.8) is 0 Å². The number of hydrogen-bond donors (Lipinski definition) is 2. The lowest BCUT2D eigenvalue weighted by molar-refractivity contribution is -0.161. The molecule has 0 radical (unpaired) electrons. The van der Waals surface area contributed by atoms with Gasteiger partial charge in [-0.15, -0.1) is 0 Å². The third-order valence-electron chi connectivity index (χ3n) is 8.26. The molecule has 0 amide bonds. The Morgan fingerprint density at radius 2 is 1.10 bits per heavy atom. The van der Waals surface area contributed by atoms with Crippen LogP contribution in [0, 0.1) is 0 Å². The largest absolute Gasteiger partial charge is 0.472 e. The van der Waals surface area contributed by atoms with Crippen LogP contribution in [0.2, 0.25) is 0 Å². The second kappa shape index (κ2) is 37.0. The highest BCUT2D eigenvalue weighted by Gasteiger charge is 2.25. The minimum Gasteiger partial charge on any atom is -0.462 e. The van der Waals surface area contributed by atoms with Crippen LogP contribution in [0.4, 0.5) is 0 Å². The normalized spacial score (nSPS) is 13.8. The highest BCUT2D eigenvalue weighted by molar-refractivity contribution is 7.47. The Bertz CT molecular complexity index is 923. The van der Waals surface area contributed by atoms with E-state index in [-0.39, 0.29) is 32.6 Å². The van der Waals surface area contributed by atoms with Crippen LogP contribution in [0.1, 0.15) is 174 Å². The Hall–Kier alpha value is -1.77. The molecule has 0 aromatic rings. The van der Waals surface area contributed by atoms with Crippen LogP contribution in [0.5, 0.6) is 0 Å². The number of rotatable bonds is 37. The number of phosphoric acid groups is 1. The summed E-state index contributed by atoms with van der Waals surface area (Å²) >= 11 is 0. The summed E-state index contributed by atoms with van der Waals surface area (Å²) in [4.78, 5) is 34.7. The average Bonchev–Trinajstić information content (AvgIpc) is 3.10. The van der Waals surface area contributed by atoms with E-state index in [1.54, 1.807) is 0 Å². The van der Waals surface area contributed by atoms with Crippen molar-refractivity contribution >= 4 is 19.8 Å². The van der Waals surface area contributed by atoms with Gasteiger partial charge in [0.25, 0.3) is 0 Å². The molecule has 2 atom stereocenters. The third kappa shape index (κ3) is 36.0. The molecule has 10 heteroatoms. The fourth-order valence-corrected chi connectivity index (χ4v) is 6.02. The second-order valence-electron chi connectivity index (χ2n) is 13.1. The van der Waals surface area contributed by atoms with Gasteiger partial charge >= 0.3 is 19.8 Å². The molecule has 0 aromatic carbocycles. The van der Waals surface area contributed by atoms with Crippen molar-refractivity contribution in [3.8, 4) is 0 Å². The van der Waals surface area contributed by atoms with Crippen LogP contribution in [-0.4, -0.2) is 49.3 Å². The van der Waals surface area contributed by atoms with Gasteiger partial charge in [-0.05, 0) is 51.4 Å². The summed E-state index contributed by atoms with van der Waals surface area (Å²) in [7, 11) is -4.38. The Morgan fingerprint density at radius 1 is 0.600 bits per heavy atom. The Morgan fingerprint density at radius 3 is 1.68 bits per heavy atom. The zero-order valence-corrected chi connectivity index (χ0v) is 32.8. The van der Waals surface area contributed by atoms with E-state index in [1.807, 2.05) is 6.08 Å². The summed E-state index contributed by atoms with van der Waals surface area (Å²) in [5.74, 6) is -0.902. The molecule has 0 aliphatic rings. The molecule has 50 heavy (non-hydrogen) atoms. The maximum Gasteiger partial charge on any atom is 0.472 e. The van der Waals surface area contributed by atoms with Gasteiger partial charge in [0.2, 0.25) is 0 Å². The first-order chi connectivity index (χ1) is 24.3. The van der Waals surface area contributed by atoms with E-state index in [9.17, 15) is 19.0 Å². The molecule has 3 N–H and O–H groups in total. The minimum atomic E-state index is -4.38. The number of carbonyl (C=O) groups is 2. The van der Waals surface area contributed by atoms with E-state index in [1.165, 1.54) is 77.0 Å². The van der Waals surface area contributed by atoms with Crippen molar-refractivity contribution in [1.82, 2.24) is 0 Å². The van der Waals surface area contributed by atoms with E-state index in [0.717, 1.165) is 57.8 Å². The number of unbranched alkanes of at least 4 members (excludes halogenated alkanes) is 18. The van der Waals surface area contributed by atoms with E-state index >= 15 is 0 Å². The van der Waals surface area contributed by atoms with Crippen molar-refractivity contribution < 1.29 is 37.6 Å². The summed E-state index contributed by atoms with van der Waals surface area (Å²) < 4.78 is 32.6. The van der Waals surface area contributed by atoms with Gasteiger partial charge in [0.1, 0.15) is 6.61 Å². The number of esters is 2. The van der Waals surface area contributed by atoms with Gasteiger partial charge in [-0.1, -0.05) is 147 Å². The number of hydrogen-bond acceptors (Lipinski definition) is 8. The van der Waals surface area contributed by atoms with E-state index < -0.39 is 32.5 Å². The van der Waals surface area contributed by atoms with Crippen molar-refractivity contribution in [2.24, 2.45) is 5.73 Å². The number of carbonyl (C=O) groups excluding carboxylic acids is 2. The Kier molecular flexibility index (Phi) is 35.7. The first-order valence-electron chi connectivity index (χ1n) is 20.0. The number of nitrogens with two attached hydrogens (primary N) is 1. The van der Waals surface area contributed by atoms with Gasteiger partial charge in [0.05, 0.1) is 13.2 Å². The van der Waals surface area contributed by atoms with Crippen LogP contribution >= 0.6 is 7.82 Å². The molecule has 292 valence electrons. The van der Waals surface area contributed by atoms with Gasteiger partial charge in [-0.25, -0.2) is 4.57 Å². The van der Waals surface area contributed by atoms with Crippen molar-refractivity contribution in [3.05, 3.63) is 36.5 Å². The van der Waals surface area contributed by atoms with Crippen LogP contribution in [0.3, 0.4) is 0 Å². The highest BCUT2D eigenvalue weighted by Crippen LogP contribution is 2.43. The molecule has 1 unspecified atom stereocenters. The van der Waals surface area contributed by atoms with Crippen molar-refractivity contribution in [2.45, 2.75) is 180 Å². The molecule has 9 nitrogen and oxygen atoms in total. The molecule has 0 saturated heterocycles. The van der Waals surface area contributed by atoms with Gasteiger partial charge in [0, 0.05) is 19.4 Å². The number of ether oxygens (including phenoxy) is 2. The Labute approximate surface area is 305 Å². The molecule has 0 fully saturated rings. The topological polar surface area (TPSA) is 134 Å². The molecular formula is C40H74NO8P. The maximum absolute atomic E-state index is 12.5. The van der Waals surface area contributed by atoms with Crippen molar-refractivity contribution in [2.75, 3.05) is 26.4 Å². The monoisotopic (exact) mass is 728 g/mol. The van der Waals surface area contributed by atoms with Crippen LogP contribution < -0.4 is 5.73 Å². The minimum absolute atomic E-state index is 0.0468. The molecule has 0 aliphatic heterocycles. The van der Waals surface area contributed by atoms with Gasteiger partial charge in [-0.2, -0.15) is 0 Å². The summed E-state index contributed by atoms with van der Waals surface area (Å²) in [5.41, 5.74) is 5.33.